The number of benzene rings is 2. The number of anilines is 1. The zero-order chi connectivity index (χ0) is 21.1. The van der Waals surface area contributed by atoms with Crippen molar-refractivity contribution in [3.63, 3.8) is 0 Å². The van der Waals surface area contributed by atoms with Crippen LogP contribution in [-0.2, 0) is 0 Å². The number of aromatic nitrogens is 2. The maximum absolute atomic E-state index is 13.7. The quantitative estimate of drug-likeness (QED) is 0.645. The molecule has 3 aromatic rings. The number of aromatic amines is 1. The number of amides is 2. The molecule has 1 aliphatic rings. The van der Waals surface area contributed by atoms with Crippen LogP contribution in [0.4, 0.5) is 10.1 Å². The SMILES string of the molecule is O=C(Nc1ccccc1F)c1cc(C2CCN(C(=O)c3ccccc3Cl)CC2)[nH]n1. The van der Waals surface area contributed by atoms with Gasteiger partial charge in [0.1, 0.15) is 5.82 Å². The molecule has 2 heterocycles. The molecular weight excluding hydrogens is 407 g/mol. The Morgan fingerprint density at radius 1 is 1.10 bits per heavy atom. The van der Waals surface area contributed by atoms with Crippen LogP contribution >= 0.6 is 11.6 Å². The second kappa shape index (κ2) is 8.67. The molecule has 2 aromatic carbocycles. The minimum atomic E-state index is -0.503. The molecule has 4 rings (SSSR count). The average molecular weight is 427 g/mol. The van der Waals surface area contributed by atoms with Gasteiger partial charge < -0.3 is 10.2 Å². The van der Waals surface area contributed by atoms with Crippen LogP contribution in [0.1, 0.15) is 45.3 Å². The van der Waals surface area contributed by atoms with Gasteiger partial charge in [-0.15, -0.1) is 0 Å². The summed E-state index contributed by atoms with van der Waals surface area (Å²) < 4.78 is 13.7. The van der Waals surface area contributed by atoms with E-state index in [4.69, 9.17) is 11.6 Å². The molecule has 1 saturated heterocycles. The molecule has 30 heavy (non-hydrogen) atoms. The number of carbonyl (C=O) groups excluding carboxylic acids is 2. The number of carbonyl (C=O) groups is 2. The van der Waals surface area contributed by atoms with E-state index in [9.17, 15) is 14.0 Å². The van der Waals surface area contributed by atoms with Crippen molar-refractivity contribution in [2.24, 2.45) is 0 Å². The van der Waals surface area contributed by atoms with E-state index in [2.05, 4.69) is 15.5 Å². The molecule has 0 radical (unpaired) electrons. The third-order valence-corrected chi connectivity index (χ3v) is 5.61. The number of hydrogen-bond acceptors (Lipinski definition) is 3. The van der Waals surface area contributed by atoms with E-state index in [1.165, 1.54) is 12.1 Å². The maximum atomic E-state index is 13.7. The summed E-state index contributed by atoms with van der Waals surface area (Å²) in [6, 6.07) is 14.7. The van der Waals surface area contributed by atoms with Crippen molar-refractivity contribution < 1.29 is 14.0 Å². The van der Waals surface area contributed by atoms with Gasteiger partial charge in [0.05, 0.1) is 16.3 Å². The van der Waals surface area contributed by atoms with Crippen LogP contribution < -0.4 is 5.32 Å². The molecule has 8 heteroatoms. The summed E-state index contributed by atoms with van der Waals surface area (Å²) in [7, 11) is 0. The van der Waals surface area contributed by atoms with Crippen molar-refractivity contribution >= 4 is 29.1 Å². The third-order valence-electron chi connectivity index (χ3n) is 5.28. The lowest BCUT2D eigenvalue weighted by Crippen LogP contribution is -2.38. The first-order valence-corrected chi connectivity index (χ1v) is 10.1. The van der Waals surface area contributed by atoms with Crippen molar-refractivity contribution in [1.82, 2.24) is 15.1 Å². The number of halogens is 2. The minimum Gasteiger partial charge on any atom is -0.339 e. The van der Waals surface area contributed by atoms with Crippen LogP contribution in [-0.4, -0.2) is 40.0 Å². The van der Waals surface area contributed by atoms with Gasteiger partial charge in [-0.3, -0.25) is 14.7 Å². The minimum absolute atomic E-state index is 0.0754. The molecule has 2 amide bonds. The first kappa shape index (κ1) is 20.1. The number of piperidine rings is 1. The van der Waals surface area contributed by atoms with E-state index in [0.717, 1.165) is 18.5 Å². The Kier molecular flexibility index (Phi) is 5.81. The molecule has 0 saturated carbocycles. The second-order valence-corrected chi connectivity index (χ2v) is 7.60. The fraction of sp³-hybridized carbons (Fsp3) is 0.227. The summed E-state index contributed by atoms with van der Waals surface area (Å²) in [5, 5.41) is 9.96. The second-order valence-electron chi connectivity index (χ2n) is 7.19. The Bertz CT molecular complexity index is 1080. The van der Waals surface area contributed by atoms with Crippen molar-refractivity contribution in [3.8, 4) is 0 Å². The summed E-state index contributed by atoms with van der Waals surface area (Å²) in [5.41, 5.74) is 1.64. The Labute approximate surface area is 178 Å². The maximum Gasteiger partial charge on any atom is 0.276 e. The van der Waals surface area contributed by atoms with Gasteiger partial charge in [0, 0.05) is 24.7 Å². The van der Waals surface area contributed by atoms with Crippen LogP contribution in [0.3, 0.4) is 0 Å². The first-order valence-electron chi connectivity index (χ1n) is 9.68. The van der Waals surface area contributed by atoms with E-state index in [1.54, 1.807) is 47.4 Å². The lowest BCUT2D eigenvalue weighted by atomic mass is 9.93. The van der Waals surface area contributed by atoms with Gasteiger partial charge in [-0.2, -0.15) is 5.10 Å². The van der Waals surface area contributed by atoms with Gasteiger partial charge in [0.2, 0.25) is 0 Å². The van der Waals surface area contributed by atoms with Crippen molar-refractivity contribution in [2.45, 2.75) is 18.8 Å². The topological polar surface area (TPSA) is 78.1 Å². The lowest BCUT2D eigenvalue weighted by Gasteiger charge is -2.31. The number of rotatable bonds is 4. The summed E-state index contributed by atoms with van der Waals surface area (Å²) in [4.78, 5) is 26.9. The molecule has 1 aliphatic heterocycles. The van der Waals surface area contributed by atoms with Gasteiger partial charge in [0.25, 0.3) is 11.8 Å². The lowest BCUT2D eigenvalue weighted by molar-refractivity contribution is 0.0712. The van der Waals surface area contributed by atoms with Gasteiger partial charge in [-0.1, -0.05) is 35.9 Å². The molecule has 0 atom stereocenters. The van der Waals surface area contributed by atoms with E-state index >= 15 is 0 Å². The Morgan fingerprint density at radius 2 is 1.80 bits per heavy atom. The van der Waals surface area contributed by atoms with E-state index in [-0.39, 0.29) is 23.2 Å². The molecule has 0 unspecified atom stereocenters. The highest BCUT2D eigenvalue weighted by Gasteiger charge is 2.27. The summed E-state index contributed by atoms with van der Waals surface area (Å²) in [5.74, 6) is -0.900. The standard InChI is InChI=1S/C22H20ClFN4O2/c23-16-6-2-1-5-15(16)22(30)28-11-9-14(10-12-28)19-13-20(27-26-19)21(29)25-18-8-4-3-7-17(18)24/h1-8,13-14H,9-12H2,(H,25,29)(H,26,27). The predicted molar refractivity (Wildman–Crippen MR) is 112 cm³/mol. The average Bonchev–Trinajstić information content (AvgIpc) is 3.26. The van der Waals surface area contributed by atoms with Gasteiger partial charge in [-0.05, 0) is 43.2 Å². The first-order chi connectivity index (χ1) is 14.5. The Balaban J connectivity index is 1.37. The molecule has 0 aliphatic carbocycles. The predicted octanol–water partition coefficient (Wildman–Crippen LogP) is 4.47. The van der Waals surface area contributed by atoms with Gasteiger partial charge >= 0.3 is 0 Å². The van der Waals surface area contributed by atoms with Crippen LogP contribution in [0.2, 0.25) is 5.02 Å². The Hall–Kier alpha value is -3.19. The number of nitrogens with zero attached hydrogens (tertiary/aromatic N) is 2. The monoisotopic (exact) mass is 426 g/mol. The number of para-hydroxylation sites is 1. The highest BCUT2D eigenvalue weighted by Crippen LogP contribution is 2.29. The number of hydrogen-bond donors (Lipinski definition) is 2. The smallest absolute Gasteiger partial charge is 0.276 e. The highest BCUT2D eigenvalue weighted by molar-refractivity contribution is 6.33. The highest BCUT2D eigenvalue weighted by atomic mass is 35.5. The zero-order valence-electron chi connectivity index (χ0n) is 16.1. The molecule has 1 fully saturated rings. The molecule has 154 valence electrons. The fourth-order valence-corrected chi connectivity index (χ4v) is 3.83. The number of nitrogens with one attached hydrogen (secondary N) is 2. The molecule has 1 aromatic heterocycles. The largest absolute Gasteiger partial charge is 0.339 e. The van der Waals surface area contributed by atoms with E-state index in [1.807, 2.05) is 0 Å². The summed E-state index contributed by atoms with van der Waals surface area (Å²) in [6.45, 7) is 1.18. The summed E-state index contributed by atoms with van der Waals surface area (Å²) in [6.07, 6.45) is 1.49. The molecule has 2 N–H and O–H groups in total. The normalized spacial score (nSPS) is 14.5. The number of H-pyrrole nitrogens is 1. The van der Waals surface area contributed by atoms with Crippen molar-refractivity contribution in [3.05, 3.63) is 82.4 Å². The molecule has 6 nitrogen and oxygen atoms in total. The van der Waals surface area contributed by atoms with E-state index < -0.39 is 11.7 Å². The molecular formula is C22H20ClFN4O2. The Morgan fingerprint density at radius 3 is 2.53 bits per heavy atom. The molecule has 0 bridgehead atoms. The van der Waals surface area contributed by atoms with Crippen LogP contribution in [0.5, 0.6) is 0 Å². The fourth-order valence-electron chi connectivity index (χ4n) is 3.61. The number of likely N-dealkylation sites (tertiary alicyclic amines) is 1. The summed E-state index contributed by atoms with van der Waals surface area (Å²) >= 11 is 6.14. The van der Waals surface area contributed by atoms with Crippen LogP contribution in [0, 0.1) is 5.82 Å². The van der Waals surface area contributed by atoms with Gasteiger partial charge in [0.15, 0.2) is 5.69 Å². The van der Waals surface area contributed by atoms with E-state index in [0.29, 0.717) is 23.7 Å². The molecule has 0 spiro atoms. The van der Waals surface area contributed by atoms with Crippen molar-refractivity contribution in [1.29, 1.82) is 0 Å². The van der Waals surface area contributed by atoms with Crippen LogP contribution in [0.15, 0.2) is 54.6 Å². The van der Waals surface area contributed by atoms with Crippen LogP contribution in [0.25, 0.3) is 0 Å². The third kappa shape index (κ3) is 4.21. The van der Waals surface area contributed by atoms with Gasteiger partial charge in [-0.25, -0.2) is 4.39 Å². The van der Waals surface area contributed by atoms with Crippen molar-refractivity contribution in [2.75, 3.05) is 18.4 Å². The zero-order valence-corrected chi connectivity index (χ0v) is 16.8.